The summed E-state index contributed by atoms with van der Waals surface area (Å²) in [6.45, 7) is 1.66. The Balaban J connectivity index is 2.65. The molecule has 1 atom stereocenters. The van der Waals surface area contributed by atoms with Crippen LogP contribution in [0.1, 0.15) is 24.4 Å². The molecule has 0 saturated heterocycles. The molecule has 2 aromatic heterocycles. The molecule has 0 aliphatic carbocycles. The number of rotatable bonds is 1. The van der Waals surface area contributed by atoms with Crippen molar-refractivity contribution in [3.05, 3.63) is 28.9 Å². The maximum Gasteiger partial charge on any atom is 0.434 e. The highest BCUT2D eigenvalue weighted by Gasteiger charge is 2.34. The Kier molecular flexibility index (Phi) is 2.75. The number of nitrogens with two attached hydrogens (primary N) is 1. The van der Waals surface area contributed by atoms with Crippen LogP contribution in [0, 0.1) is 0 Å². The highest BCUT2D eigenvalue weighted by atomic mass is 35.5. The number of alkyl halides is 3. The van der Waals surface area contributed by atoms with Crippen molar-refractivity contribution in [1.29, 1.82) is 0 Å². The second-order valence-corrected chi connectivity index (χ2v) is 3.96. The molecule has 2 heterocycles. The second kappa shape index (κ2) is 3.85. The van der Waals surface area contributed by atoms with Gasteiger partial charge in [-0.3, -0.25) is 0 Å². The minimum Gasteiger partial charge on any atom is -0.323 e. The summed E-state index contributed by atoms with van der Waals surface area (Å²) in [5.74, 6) is 0. The van der Waals surface area contributed by atoms with Crippen molar-refractivity contribution in [2.24, 2.45) is 5.73 Å². The van der Waals surface area contributed by atoms with Crippen LogP contribution in [0.3, 0.4) is 0 Å². The van der Waals surface area contributed by atoms with Gasteiger partial charge < -0.3 is 10.1 Å². The van der Waals surface area contributed by atoms with Crippen LogP contribution in [0.25, 0.3) is 5.65 Å². The van der Waals surface area contributed by atoms with Gasteiger partial charge in [0.1, 0.15) is 0 Å². The van der Waals surface area contributed by atoms with E-state index in [0.29, 0.717) is 5.69 Å². The zero-order valence-corrected chi connectivity index (χ0v) is 9.42. The molecule has 0 fully saturated rings. The molecule has 0 bridgehead atoms. The predicted molar refractivity (Wildman–Crippen MR) is 55.6 cm³/mol. The Bertz CT molecular complexity index is 561. The van der Waals surface area contributed by atoms with Crippen molar-refractivity contribution < 1.29 is 13.2 Å². The fourth-order valence-electron chi connectivity index (χ4n) is 1.34. The van der Waals surface area contributed by atoms with Gasteiger partial charge in [0.15, 0.2) is 16.5 Å². The van der Waals surface area contributed by atoms with E-state index in [9.17, 15) is 13.2 Å². The summed E-state index contributed by atoms with van der Waals surface area (Å²) in [6.07, 6.45) is -2.27. The molecule has 0 aromatic carbocycles. The van der Waals surface area contributed by atoms with E-state index in [4.69, 9.17) is 17.3 Å². The van der Waals surface area contributed by atoms with Gasteiger partial charge in [-0.25, -0.2) is 9.97 Å². The van der Waals surface area contributed by atoms with Crippen molar-refractivity contribution in [1.82, 2.24) is 14.4 Å². The lowest BCUT2D eigenvalue weighted by atomic mass is 10.3. The summed E-state index contributed by atoms with van der Waals surface area (Å²) >= 11 is 5.75. The zero-order valence-electron chi connectivity index (χ0n) is 8.66. The molecule has 4 nitrogen and oxygen atoms in total. The van der Waals surface area contributed by atoms with E-state index in [0.717, 1.165) is 6.20 Å². The van der Waals surface area contributed by atoms with Gasteiger partial charge in [0.2, 0.25) is 0 Å². The smallest absolute Gasteiger partial charge is 0.323 e. The molecular formula is C9H8ClF3N4. The monoisotopic (exact) mass is 264 g/mol. The lowest BCUT2D eigenvalue weighted by Crippen LogP contribution is -2.08. The zero-order chi connectivity index (χ0) is 12.8. The SMILES string of the molecule is CC(N)c1cn2cc(C(F)(F)F)nc2c(Cl)n1. The minimum atomic E-state index is -4.51. The Labute approximate surface area is 99.2 Å². The number of nitrogens with zero attached hydrogens (tertiary/aromatic N) is 3. The first-order valence-corrected chi connectivity index (χ1v) is 5.05. The molecule has 1 unspecified atom stereocenters. The van der Waals surface area contributed by atoms with Gasteiger partial charge >= 0.3 is 6.18 Å². The average Bonchev–Trinajstić information content (AvgIpc) is 2.60. The minimum absolute atomic E-state index is 0.0385. The van der Waals surface area contributed by atoms with E-state index < -0.39 is 17.9 Å². The number of aromatic nitrogens is 3. The maximum absolute atomic E-state index is 12.5. The van der Waals surface area contributed by atoms with Crippen LogP contribution in [0.4, 0.5) is 13.2 Å². The van der Waals surface area contributed by atoms with Crippen molar-refractivity contribution in [3.63, 3.8) is 0 Å². The summed E-state index contributed by atoms with van der Waals surface area (Å²) in [6, 6.07) is -0.423. The summed E-state index contributed by atoms with van der Waals surface area (Å²) in [5.41, 5.74) is 4.94. The number of hydrogen-bond acceptors (Lipinski definition) is 3. The molecule has 0 aliphatic heterocycles. The number of fused-ring (bicyclic) bond motifs is 1. The molecule has 17 heavy (non-hydrogen) atoms. The summed E-state index contributed by atoms with van der Waals surface area (Å²) in [5, 5.41) is -0.102. The predicted octanol–water partition coefficient (Wildman–Crippen LogP) is 2.42. The van der Waals surface area contributed by atoms with Crippen molar-refractivity contribution in [2.45, 2.75) is 19.1 Å². The largest absolute Gasteiger partial charge is 0.434 e. The maximum atomic E-state index is 12.5. The standard InChI is InChI=1S/C9H8ClF3N4/c1-4(14)5-2-17-3-6(9(11,12)13)16-8(17)7(10)15-5/h2-4H,14H2,1H3. The molecule has 0 spiro atoms. The van der Waals surface area contributed by atoms with Crippen LogP contribution in [0.2, 0.25) is 5.15 Å². The fourth-order valence-corrected chi connectivity index (χ4v) is 1.57. The van der Waals surface area contributed by atoms with Gasteiger partial charge in [-0.2, -0.15) is 13.2 Å². The molecule has 0 radical (unpaired) electrons. The second-order valence-electron chi connectivity index (χ2n) is 3.60. The van der Waals surface area contributed by atoms with Crippen LogP contribution in [-0.2, 0) is 6.18 Å². The fraction of sp³-hybridized carbons (Fsp3) is 0.333. The van der Waals surface area contributed by atoms with E-state index in [1.54, 1.807) is 6.92 Å². The van der Waals surface area contributed by atoms with Gasteiger partial charge in [-0.15, -0.1) is 0 Å². The van der Waals surface area contributed by atoms with Gasteiger partial charge in [0.05, 0.1) is 5.69 Å². The Morgan fingerprint density at radius 1 is 1.35 bits per heavy atom. The first-order chi connectivity index (χ1) is 7.79. The number of imidazole rings is 1. The molecule has 0 amide bonds. The van der Waals surface area contributed by atoms with E-state index in [1.807, 2.05) is 0 Å². The molecule has 8 heteroatoms. The van der Waals surface area contributed by atoms with Crippen LogP contribution in [-0.4, -0.2) is 14.4 Å². The molecular weight excluding hydrogens is 257 g/mol. The summed E-state index contributed by atoms with van der Waals surface area (Å²) in [7, 11) is 0. The van der Waals surface area contributed by atoms with E-state index in [1.165, 1.54) is 10.6 Å². The van der Waals surface area contributed by atoms with Crippen LogP contribution >= 0.6 is 11.6 Å². The Hall–Kier alpha value is -1.34. The highest BCUT2D eigenvalue weighted by molar-refractivity contribution is 6.32. The molecule has 0 aliphatic rings. The lowest BCUT2D eigenvalue weighted by molar-refractivity contribution is -0.140. The Morgan fingerprint density at radius 2 is 2.00 bits per heavy atom. The average molecular weight is 265 g/mol. The lowest BCUT2D eigenvalue weighted by Gasteiger charge is -2.05. The van der Waals surface area contributed by atoms with Gasteiger partial charge in [-0.1, -0.05) is 11.6 Å². The van der Waals surface area contributed by atoms with E-state index >= 15 is 0 Å². The number of halogens is 4. The first kappa shape index (κ1) is 12.1. The third-order valence-corrected chi connectivity index (χ3v) is 2.43. The van der Waals surface area contributed by atoms with Crippen molar-refractivity contribution in [2.75, 3.05) is 0 Å². The molecule has 0 saturated carbocycles. The quantitative estimate of drug-likeness (QED) is 0.861. The first-order valence-electron chi connectivity index (χ1n) is 4.67. The third-order valence-electron chi connectivity index (χ3n) is 2.17. The third kappa shape index (κ3) is 2.20. The topological polar surface area (TPSA) is 56.2 Å². The molecule has 92 valence electrons. The van der Waals surface area contributed by atoms with Crippen molar-refractivity contribution >= 4 is 17.2 Å². The summed E-state index contributed by atoms with van der Waals surface area (Å²) in [4.78, 5) is 7.27. The van der Waals surface area contributed by atoms with E-state index in [2.05, 4.69) is 9.97 Å². The van der Waals surface area contributed by atoms with Crippen LogP contribution < -0.4 is 5.73 Å². The Morgan fingerprint density at radius 3 is 2.53 bits per heavy atom. The van der Waals surface area contributed by atoms with Gasteiger partial charge in [-0.05, 0) is 6.92 Å². The van der Waals surface area contributed by atoms with Gasteiger partial charge in [0.25, 0.3) is 0 Å². The summed E-state index contributed by atoms with van der Waals surface area (Å²) < 4.78 is 38.5. The molecule has 2 aromatic rings. The van der Waals surface area contributed by atoms with Gasteiger partial charge in [0, 0.05) is 18.4 Å². The van der Waals surface area contributed by atoms with Crippen LogP contribution in [0.15, 0.2) is 12.4 Å². The van der Waals surface area contributed by atoms with E-state index in [-0.39, 0.29) is 10.8 Å². The highest BCUT2D eigenvalue weighted by Crippen LogP contribution is 2.29. The number of hydrogen-bond donors (Lipinski definition) is 1. The normalized spacial score (nSPS) is 14.2. The van der Waals surface area contributed by atoms with Crippen molar-refractivity contribution in [3.8, 4) is 0 Å². The van der Waals surface area contributed by atoms with Crippen LogP contribution in [0.5, 0.6) is 0 Å². The molecule has 2 N–H and O–H groups in total. The molecule has 2 rings (SSSR count).